The molecule has 5 heteroatoms. The number of ether oxygens (including phenoxy) is 1. The molecule has 2 rings (SSSR count). The minimum absolute atomic E-state index is 0.606. The number of aryl methyl sites for hydroxylation is 3. The van der Waals surface area contributed by atoms with Gasteiger partial charge in [-0.05, 0) is 37.6 Å². The molecule has 0 saturated heterocycles. The maximum atomic E-state index is 5.81. The van der Waals surface area contributed by atoms with Crippen molar-refractivity contribution in [1.82, 2.24) is 15.0 Å². The number of benzene rings is 1. The zero-order chi connectivity index (χ0) is 14.4. The van der Waals surface area contributed by atoms with Crippen LogP contribution in [0.5, 0.6) is 5.75 Å². The molecule has 0 radical (unpaired) electrons. The summed E-state index contributed by atoms with van der Waals surface area (Å²) < 4.78 is 7.66. The van der Waals surface area contributed by atoms with Crippen molar-refractivity contribution in [2.45, 2.75) is 33.2 Å². The van der Waals surface area contributed by atoms with Crippen LogP contribution < -0.4 is 10.5 Å². The number of rotatable bonds is 7. The summed E-state index contributed by atoms with van der Waals surface area (Å²) in [5, 5.41) is 8.13. The molecule has 1 aromatic carbocycles. The van der Waals surface area contributed by atoms with E-state index in [4.69, 9.17) is 10.5 Å². The number of aromatic nitrogens is 3. The van der Waals surface area contributed by atoms with Crippen molar-refractivity contribution in [2.75, 3.05) is 13.2 Å². The molecule has 0 bridgehead atoms. The van der Waals surface area contributed by atoms with Gasteiger partial charge in [-0.2, -0.15) is 0 Å². The van der Waals surface area contributed by atoms with Gasteiger partial charge in [0, 0.05) is 25.6 Å². The minimum atomic E-state index is 0.606. The van der Waals surface area contributed by atoms with Crippen LogP contribution in [-0.4, -0.2) is 28.1 Å². The molecule has 0 aliphatic carbocycles. The Bertz CT molecular complexity index is 551. The summed E-state index contributed by atoms with van der Waals surface area (Å²) in [4.78, 5) is 0. The quantitative estimate of drug-likeness (QED) is 0.783. The molecule has 0 spiro atoms. The van der Waals surface area contributed by atoms with Gasteiger partial charge in [-0.3, -0.25) is 4.68 Å². The lowest BCUT2D eigenvalue weighted by atomic mass is 10.1. The van der Waals surface area contributed by atoms with Crippen molar-refractivity contribution in [3.05, 3.63) is 41.2 Å². The molecule has 2 N–H and O–H groups in total. The molecule has 20 heavy (non-hydrogen) atoms. The second-order valence-electron chi connectivity index (χ2n) is 4.98. The average Bonchev–Trinajstić information content (AvgIpc) is 2.87. The molecule has 0 aliphatic rings. The molecule has 5 nitrogen and oxygen atoms in total. The Balaban J connectivity index is 1.77. The van der Waals surface area contributed by atoms with E-state index >= 15 is 0 Å². The van der Waals surface area contributed by atoms with Crippen molar-refractivity contribution in [3.63, 3.8) is 0 Å². The Morgan fingerprint density at radius 2 is 2.15 bits per heavy atom. The van der Waals surface area contributed by atoms with Crippen LogP contribution in [0.1, 0.15) is 23.2 Å². The molecular formula is C15H22N4O. The fourth-order valence-corrected chi connectivity index (χ4v) is 1.98. The highest BCUT2D eigenvalue weighted by molar-refractivity contribution is 5.35. The van der Waals surface area contributed by atoms with Crippen LogP contribution in [0.15, 0.2) is 24.4 Å². The van der Waals surface area contributed by atoms with E-state index in [9.17, 15) is 0 Å². The first-order chi connectivity index (χ1) is 9.69. The summed E-state index contributed by atoms with van der Waals surface area (Å²) in [5.41, 5.74) is 8.82. The maximum absolute atomic E-state index is 5.81. The van der Waals surface area contributed by atoms with Gasteiger partial charge in [0.05, 0.1) is 12.3 Å². The van der Waals surface area contributed by atoms with Gasteiger partial charge in [-0.1, -0.05) is 17.3 Å². The van der Waals surface area contributed by atoms with E-state index in [-0.39, 0.29) is 0 Å². The number of hydrogen-bond acceptors (Lipinski definition) is 4. The molecule has 1 heterocycles. The highest BCUT2D eigenvalue weighted by Crippen LogP contribution is 2.19. The van der Waals surface area contributed by atoms with Crippen LogP contribution in [-0.2, 0) is 13.0 Å². The molecule has 0 fully saturated rings. The summed E-state index contributed by atoms with van der Waals surface area (Å²) in [7, 11) is 0. The third-order valence-corrected chi connectivity index (χ3v) is 3.12. The zero-order valence-corrected chi connectivity index (χ0v) is 12.2. The van der Waals surface area contributed by atoms with Gasteiger partial charge in [-0.25, -0.2) is 0 Å². The van der Waals surface area contributed by atoms with E-state index in [0.29, 0.717) is 13.2 Å². The minimum Gasteiger partial charge on any atom is -0.493 e. The molecular weight excluding hydrogens is 252 g/mol. The standard InChI is InChI=1S/C15H22N4O/c1-12-4-5-13(2)15(10-12)20-9-3-8-19-11-14(6-7-16)17-18-19/h4-5,10-11H,3,6-9,16H2,1-2H3. The predicted octanol–water partition coefficient (Wildman–Crippen LogP) is 1.87. The molecule has 1 aromatic heterocycles. The topological polar surface area (TPSA) is 66.0 Å². The molecule has 0 aliphatic heterocycles. The Labute approximate surface area is 119 Å². The molecule has 0 atom stereocenters. The second-order valence-corrected chi connectivity index (χ2v) is 4.98. The van der Waals surface area contributed by atoms with Crippen molar-refractivity contribution in [2.24, 2.45) is 5.73 Å². The number of nitrogens with two attached hydrogens (primary N) is 1. The normalized spacial score (nSPS) is 10.8. The highest BCUT2D eigenvalue weighted by Gasteiger charge is 2.02. The second kappa shape index (κ2) is 7.05. The predicted molar refractivity (Wildman–Crippen MR) is 78.8 cm³/mol. The fourth-order valence-electron chi connectivity index (χ4n) is 1.98. The van der Waals surface area contributed by atoms with Crippen molar-refractivity contribution < 1.29 is 4.74 Å². The van der Waals surface area contributed by atoms with Gasteiger partial charge in [0.2, 0.25) is 0 Å². The van der Waals surface area contributed by atoms with E-state index in [1.165, 1.54) is 11.1 Å². The van der Waals surface area contributed by atoms with Crippen molar-refractivity contribution in [1.29, 1.82) is 0 Å². The van der Waals surface area contributed by atoms with Crippen LogP contribution >= 0.6 is 0 Å². The SMILES string of the molecule is Cc1ccc(C)c(OCCCn2cc(CCN)nn2)c1. The third kappa shape index (κ3) is 4.06. The first-order valence-corrected chi connectivity index (χ1v) is 6.98. The summed E-state index contributed by atoms with van der Waals surface area (Å²) in [6, 6.07) is 6.25. The fraction of sp³-hybridized carbons (Fsp3) is 0.467. The number of hydrogen-bond donors (Lipinski definition) is 1. The number of nitrogens with zero attached hydrogens (tertiary/aromatic N) is 3. The Morgan fingerprint density at radius 3 is 2.95 bits per heavy atom. The van der Waals surface area contributed by atoms with Gasteiger partial charge in [0.15, 0.2) is 0 Å². The highest BCUT2D eigenvalue weighted by atomic mass is 16.5. The van der Waals surface area contributed by atoms with E-state index < -0.39 is 0 Å². The first-order valence-electron chi connectivity index (χ1n) is 6.98. The summed E-state index contributed by atoms with van der Waals surface area (Å²) >= 11 is 0. The average molecular weight is 274 g/mol. The lowest BCUT2D eigenvalue weighted by Crippen LogP contribution is -2.06. The van der Waals surface area contributed by atoms with Crippen LogP contribution in [0.4, 0.5) is 0 Å². The van der Waals surface area contributed by atoms with E-state index in [1.54, 1.807) is 0 Å². The van der Waals surface area contributed by atoms with E-state index in [2.05, 4.69) is 42.4 Å². The molecule has 0 saturated carbocycles. The summed E-state index contributed by atoms with van der Waals surface area (Å²) in [6.07, 6.45) is 3.63. The zero-order valence-electron chi connectivity index (χ0n) is 12.2. The van der Waals surface area contributed by atoms with Gasteiger partial charge in [0.1, 0.15) is 5.75 Å². The summed E-state index contributed by atoms with van der Waals surface area (Å²) in [5.74, 6) is 0.965. The van der Waals surface area contributed by atoms with Gasteiger partial charge in [-0.15, -0.1) is 5.10 Å². The maximum Gasteiger partial charge on any atom is 0.122 e. The Morgan fingerprint density at radius 1 is 1.30 bits per heavy atom. The lowest BCUT2D eigenvalue weighted by Gasteiger charge is -2.09. The van der Waals surface area contributed by atoms with Crippen molar-refractivity contribution >= 4 is 0 Å². The largest absolute Gasteiger partial charge is 0.493 e. The van der Waals surface area contributed by atoms with Gasteiger partial charge < -0.3 is 10.5 Å². The smallest absolute Gasteiger partial charge is 0.122 e. The van der Waals surface area contributed by atoms with Gasteiger partial charge >= 0.3 is 0 Å². The lowest BCUT2D eigenvalue weighted by molar-refractivity contribution is 0.296. The first kappa shape index (κ1) is 14.5. The summed E-state index contributed by atoms with van der Waals surface area (Å²) in [6.45, 7) is 6.22. The monoisotopic (exact) mass is 274 g/mol. The molecule has 108 valence electrons. The van der Waals surface area contributed by atoms with E-state index in [1.807, 2.05) is 10.9 Å². The van der Waals surface area contributed by atoms with Crippen LogP contribution in [0.25, 0.3) is 0 Å². The molecule has 0 unspecified atom stereocenters. The van der Waals surface area contributed by atoms with Crippen LogP contribution in [0.3, 0.4) is 0 Å². The van der Waals surface area contributed by atoms with E-state index in [0.717, 1.165) is 30.8 Å². The van der Waals surface area contributed by atoms with Crippen molar-refractivity contribution in [3.8, 4) is 5.75 Å². The van der Waals surface area contributed by atoms with Gasteiger partial charge in [0.25, 0.3) is 0 Å². The molecule has 0 amide bonds. The Hall–Kier alpha value is -1.88. The Kier molecular flexibility index (Phi) is 5.12. The van der Waals surface area contributed by atoms with Crippen LogP contribution in [0, 0.1) is 13.8 Å². The van der Waals surface area contributed by atoms with Crippen LogP contribution in [0.2, 0.25) is 0 Å². The third-order valence-electron chi connectivity index (χ3n) is 3.12. The molecule has 2 aromatic rings.